The lowest BCUT2D eigenvalue weighted by molar-refractivity contribution is 0.411. The van der Waals surface area contributed by atoms with Crippen LogP contribution in [-0.2, 0) is 5.41 Å². The van der Waals surface area contributed by atoms with Gasteiger partial charge in [0.05, 0.1) is 13.7 Å². The molecule has 0 saturated carbocycles. The van der Waals surface area contributed by atoms with Crippen molar-refractivity contribution in [2.45, 2.75) is 19.3 Å². The van der Waals surface area contributed by atoms with Crippen LogP contribution in [-0.4, -0.2) is 57.6 Å². The van der Waals surface area contributed by atoms with E-state index in [4.69, 9.17) is 9.73 Å². The van der Waals surface area contributed by atoms with Gasteiger partial charge in [0.1, 0.15) is 5.75 Å². The lowest BCUT2D eigenvalue weighted by Gasteiger charge is -2.27. The molecule has 0 unspecified atom stereocenters. The highest BCUT2D eigenvalue weighted by Crippen LogP contribution is 2.26. The second kappa shape index (κ2) is 8.46. The van der Waals surface area contributed by atoms with Gasteiger partial charge < -0.3 is 14.5 Å². The first kappa shape index (κ1) is 20.0. The molecule has 120 valence electrons. The minimum Gasteiger partial charge on any atom is -0.497 e. The molecule has 5 heteroatoms. The lowest BCUT2D eigenvalue weighted by atomic mass is 9.84. The smallest absolute Gasteiger partial charge is 0.195 e. The van der Waals surface area contributed by atoms with E-state index in [9.17, 15) is 0 Å². The highest BCUT2D eigenvalue weighted by atomic mass is 127. The number of hydrogen-bond donors (Lipinski definition) is 0. The Balaban J connectivity index is 0.00000400. The van der Waals surface area contributed by atoms with Crippen molar-refractivity contribution in [2.24, 2.45) is 4.99 Å². The Kier molecular flexibility index (Phi) is 8.06. The minimum absolute atomic E-state index is 0. The highest BCUT2D eigenvalue weighted by Gasteiger charge is 2.21. The third kappa shape index (κ3) is 5.73. The molecular formula is C16H28IN3O. The van der Waals surface area contributed by atoms with Crippen molar-refractivity contribution in [2.75, 3.05) is 41.8 Å². The minimum atomic E-state index is -0.0359. The summed E-state index contributed by atoms with van der Waals surface area (Å²) >= 11 is 0. The zero-order valence-electron chi connectivity index (χ0n) is 14.2. The largest absolute Gasteiger partial charge is 0.497 e. The molecule has 1 rings (SSSR count). The molecule has 21 heavy (non-hydrogen) atoms. The number of nitrogens with zero attached hydrogens (tertiary/aromatic N) is 3. The highest BCUT2D eigenvalue weighted by molar-refractivity contribution is 14.0. The van der Waals surface area contributed by atoms with Crippen molar-refractivity contribution in [3.05, 3.63) is 29.8 Å². The maximum atomic E-state index is 5.30. The molecule has 0 aliphatic heterocycles. The van der Waals surface area contributed by atoms with E-state index in [1.807, 2.05) is 50.1 Å². The normalized spacial score (nSPS) is 10.4. The maximum absolute atomic E-state index is 5.30. The summed E-state index contributed by atoms with van der Waals surface area (Å²) in [6.07, 6.45) is 0. The van der Waals surface area contributed by atoms with E-state index in [2.05, 4.69) is 26.0 Å². The first-order valence-electron chi connectivity index (χ1n) is 6.81. The molecule has 4 nitrogen and oxygen atoms in total. The first-order chi connectivity index (χ1) is 9.27. The number of guanidine groups is 1. The number of methoxy groups -OCH3 is 1. The Morgan fingerprint density at radius 3 is 2.19 bits per heavy atom. The van der Waals surface area contributed by atoms with Gasteiger partial charge in [-0.2, -0.15) is 0 Å². The van der Waals surface area contributed by atoms with Gasteiger partial charge in [0.15, 0.2) is 5.96 Å². The summed E-state index contributed by atoms with van der Waals surface area (Å²) < 4.78 is 5.30. The molecule has 0 atom stereocenters. The van der Waals surface area contributed by atoms with E-state index in [1.54, 1.807) is 7.11 Å². The van der Waals surface area contributed by atoms with Crippen LogP contribution in [0, 0.1) is 0 Å². The molecule has 0 saturated heterocycles. The van der Waals surface area contributed by atoms with Crippen LogP contribution in [0.3, 0.4) is 0 Å². The predicted molar refractivity (Wildman–Crippen MR) is 101 cm³/mol. The fourth-order valence-corrected chi connectivity index (χ4v) is 2.09. The Morgan fingerprint density at radius 1 is 1.14 bits per heavy atom. The number of halogens is 1. The number of rotatable bonds is 4. The van der Waals surface area contributed by atoms with Crippen molar-refractivity contribution in [1.29, 1.82) is 0 Å². The predicted octanol–water partition coefficient (Wildman–Crippen LogP) is 3.07. The van der Waals surface area contributed by atoms with Crippen LogP contribution in [0.4, 0.5) is 0 Å². The molecule has 1 aromatic carbocycles. The van der Waals surface area contributed by atoms with Gasteiger partial charge in [0.2, 0.25) is 0 Å². The van der Waals surface area contributed by atoms with Gasteiger partial charge in [-0.25, -0.2) is 0 Å². The summed E-state index contributed by atoms with van der Waals surface area (Å²) in [4.78, 5) is 8.81. The lowest BCUT2D eigenvalue weighted by Crippen LogP contribution is -2.36. The SMILES string of the molecule is COc1cccc(C(C)(C)CN=C(N(C)C)N(C)C)c1.I. The number of aliphatic imine (C=N–C) groups is 1. The van der Waals surface area contributed by atoms with E-state index in [-0.39, 0.29) is 29.4 Å². The van der Waals surface area contributed by atoms with Gasteiger partial charge in [-0.05, 0) is 17.7 Å². The number of benzene rings is 1. The van der Waals surface area contributed by atoms with Crippen molar-refractivity contribution in [3.8, 4) is 5.75 Å². The zero-order valence-corrected chi connectivity index (χ0v) is 16.5. The van der Waals surface area contributed by atoms with Gasteiger partial charge >= 0.3 is 0 Å². The zero-order chi connectivity index (χ0) is 15.3. The first-order valence-corrected chi connectivity index (χ1v) is 6.81. The molecular weight excluding hydrogens is 377 g/mol. The molecule has 0 aliphatic carbocycles. The average Bonchev–Trinajstić information content (AvgIpc) is 2.38. The fraction of sp³-hybridized carbons (Fsp3) is 0.562. The van der Waals surface area contributed by atoms with Crippen molar-refractivity contribution in [3.63, 3.8) is 0 Å². The summed E-state index contributed by atoms with van der Waals surface area (Å²) in [6, 6.07) is 8.20. The molecule has 1 aromatic rings. The third-order valence-electron chi connectivity index (χ3n) is 3.27. The van der Waals surface area contributed by atoms with Crippen LogP contribution < -0.4 is 4.74 Å². The Hall–Kier alpha value is -0.980. The number of ether oxygens (including phenoxy) is 1. The van der Waals surface area contributed by atoms with E-state index >= 15 is 0 Å². The Labute approximate surface area is 146 Å². The van der Waals surface area contributed by atoms with Crippen LogP contribution >= 0.6 is 24.0 Å². The molecule has 0 N–H and O–H groups in total. The van der Waals surface area contributed by atoms with E-state index < -0.39 is 0 Å². The molecule has 0 bridgehead atoms. The summed E-state index contributed by atoms with van der Waals surface area (Å²) in [5.41, 5.74) is 1.20. The van der Waals surface area contributed by atoms with Crippen LogP contribution in [0.15, 0.2) is 29.3 Å². The quantitative estimate of drug-likeness (QED) is 0.438. The molecule has 0 aliphatic rings. The van der Waals surface area contributed by atoms with Crippen molar-refractivity contribution < 1.29 is 4.74 Å². The van der Waals surface area contributed by atoms with E-state index in [0.717, 1.165) is 18.3 Å². The van der Waals surface area contributed by atoms with Crippen LogP contribution in [0.1, 0.15) is 19.4 Å². The van der Waals surface area contributed by atoms with Crippen LogP contribution in [0.25, 0.3) is 0 Å². The van der Waals surface area contributed by atoms with Gasteiger partial charge in [-0.1, -0.05) is 26.0 Å². The number of hydrogen-bond acceptors (Lipinski definition) is 2. The summed E-state index contributed by atoms with van der Waals surface area (Å²) in [6.45, 7) is 5.13. The molecule has 0 radical (unpaired) electrons. The van der Waals surface area contributed by atoms with E-state index in [0.29, 0.717) is 0 Å². The van der Waals surface area contributed by atoms with Crippen LogP contribution in [0.2, 0.25) is 0 Å². The molecule has 0 amide bonds. The average molecular weight is 405 g/mol. The Morgan fingerprint density at radius 2 is 1.71 bits per heavy atom. The third-order valence-corrected chi connectivity index (χ3v) is 3.27. The van der Waals surface area contributed by atoms with Gasteiger partial charge in [-0.15, -0.1) is 24.0 Å². The Bertz CT molecular complexity index is 460. The molecule has 0 aromatic heterocycles. The topological polar surface area (TPSA) is 28.1 Å². The molecule has 0 fully saturated rings. The molecule has 0 spiro atoms. The maximum Gasteiger partial charge on any atom is 0.195 e. The molecule has 0 heterocycles. The standard InChI is InChI=1S/C16H27N3O.HI/c1-16(2,12-17-15(18(3)4)19(5)6)13-9-8-10-14(11-13)20-7;/h8-11H,12H2,1-7H3;1H. The van der Waals surface area contributed by atoms with E-state index in [1.165, 1.54) is 5.56 Å². The van der Waals surface area contributed by atoms with Crippen molar-refractivity contribution in [1.82, 2.24) is 9.80 Å². The van der Waals surface area contributed by atoms with Gasteiger partial charge in [-0.3, -0.25) is 4.99 Å². The summed E-state index contributed by atoms with van der Waals surface area (Å²) in [5.74, 6) is 1.86. The van der Waals surface area contributed by atoms with Gasteiger partial charge in [0.25, 0.3) is 0 Å². The van der Waals surface area contributed by atoms with Gasteiger partial charge in [0, 0.05) is 33.6 Å². The second-order valence-electron chi connectivity index (χ2n) is 6.02. The summed E-state index contributed by atoms with van der Waals surface area (Å²) in [7, 11) is 9.74. The second-order valence-corrected chi connectivity index (χ2v) is 6.02. The fourth-order valence-electron chi connectivity index (χ4n) is 2.09. The van der Waals surface area contributed by atoms with Crippen LogP contribution in [0.5, 0.6) is 5.75 Å². The van der Waals surface area contributed by atoms with Crippen molar-refractivity contribution >= 4 is 29.9 Å². The monoisotopic (exact) mass is 405 g/mol. The summed E-state index contributed by atoms with van der Waals surface area (Å²) in [5, 5.41) is 0.